The molecule has 0 atom stereocenters. The molecule has 2 rings (SSSR count). The monoisotopic (exact) mass is 350 g/mol. The Bertz CT molecular complexity index is 697. The van der Waals surface area contributed by atoms with E-state index in [1.165, 1.54) is 13.3 Å². The molecule has 0 radical (unpaired) electrons. The van der Waals surface area contributed by atoms with Crippen LogP contribution in [0.5, 0.6) is 11.6 Å². The zero-order chi connectivity index (χ0) is 17.4. The lowest BCUT2D eigenvalue weighted by molar-refractivity contribution is -0.120. The number of amides is 1. The van der Waals surface area contributed by atoms with Crippen LogP contribution in [0.4, 0.5) is 5.95 Å². The van der Waals surface area contributed by atoms with Gasteiger partial charge in [-0.05, 0) is 37.1 Å². The molecule has 0 aliphatic rings. The molecule has 0 bridgehead atoms. The number of hydrogen-bond donors (Lipinski definition) is 2. The van der Waals surface area contributed by atoms with Gasteiger partial charge in [0.25, 0.3) is 0 Å². The second-order valence-corrected chi connectivity index (χ2v) is 5.37. The minimum Gasteiger partial charge on any atom is -0.494 e. The van der Waals surface area contributed by atoms with E-state index < -0.39 is 0 Å². The number of carbonyl (C=O) groups is 1. The maximum Gasteiger partial charge on any atom is 0.245 e. The van der Waals surface area contributed by atoms with E-state index in [9.17, 15) is 4.79 Å². The third-order valence-corrected chi connectivity index (χ3v) is 3.52. The molecule has 0 unspecified atom stereocenters. The van der Waals surface area contributed by atoms with E-state index in [0.29, 0.717) is 30.4 Å². The molecular weight excluding hydrogens is 332 g/mol. The first-order chi connectivity index (χ1) is 11.6. The number of nitrogens with one attached hydrogen (secondary N) is 2. The quantitative estimate of drug-likeness (QED) is 0.562. The molecule has 24 heavy (non-hydrogen) atoms. The number of hydrazine groups is 1. The number of ether oxygens (including phenoxy) is 2. The highest BCUT2D eigenvalue weighted by atomic mass is 35.5. The Kier molecular flexibility index (Phi) is 6.62. The molecule has 0 aliphatic carbocycles. The summed E-state index contributed by atoms with van der Waals surface area (Å²) in [5.74, 6) is 1.22. The minimum absolute atomic E-state index is 0.183. The molecule has 0 fully saturated rings. The first-order valence-corrected chi connectivity index (χ1v) is 7.77. The highest BCUT2D eigenvalue weighted by molar-refractivity contribution is 6.31. The summed E-state index contributed by atoms with van der Waals surface area (Å²) in [4.78, 5) is 19.7. The van der Waals surface area contributed by atoms with E-state index in [0.717, 1.165) is 11.3 Å². The minimum atomic E-state index is -0.183. The van der Waals surface area contributed by atoms with Crippen molar-refractivity contribution in [2.75, 3.05) is 19.1 Å². The fourth-order valence-electron chi connectivity index (χ4n) is 1.83. The van der Waals surface area contributed by atoms with E-state index in [1.807, 2.05) is 13.0 Å². The average molecular weight is 351 g/mol. The zero-order valence-corrected chi connectivity index (χ0v) is 14.3. The first kappa shape index (κ1) is 17.8. The Hall–Kier alpha value is -2.54. The van der Waals surface area contributed by atoms with E-state index in [4.69, 9.17) is 21.1 Å². The lowest BCUT2D eigenvalue weighted by Crippen LogP contribution is -2.30. The van der Waals surface area contributed by atoms with Gasteiger partial charge >= 0.3 is 0 Å². The Balaban J connectivity index is 1.66. The lowest BCUT2D eigenvalue weighted by atomic mass is 10.2. The molecule has 1 aromatic carbocycles. The molecule has 2 N–H and O–H groups in total. The SMILES string of the molecule is COc1ccnc(NNC(=O)CCCOc2ccc(Cl)c(C)c2)n1. The number of benzene rings is 1. The largest absolute Gasteiger partial charge is 0.494 e. The smallest absolute Gasteiger partial charge is 0.245 e. The standard InChI is InChI=1S/C16H19ClN4O3/c1-11-10-12(5-6-13(11)17)24-9-3-4-14(22)20-21-16-18-8-7-15(19-16)23-2/h5-8,10H,3-4,9H2,1-2H3,(H,20,22)(H,18,19,21). The van der Waals surface area contributed by atoms with Crippen molar-refractivity contribution in [3.63, 3.8) is 0 Å². The van der Waals surface area contributed by atoms with Crippen LogP contribution >= 0.6 is 11.6 Å². The predicted octanol–water partition coefficient (Wildman–Crippen LogP) is 2.75. The van der Waals surface area contributed by atoms with Crippen LogP contribution in [0, 0.1) is 6.92 Å². The molecule has 0 saturated heterocycles. The summed E-state index contributed by atoms with van der Waals surface area (Å²) in [6.45, 7) is 2.35. The maximum absolute atomic E-state index is 11.7. The summed E-state index contributed by atoms with van der Waals surface area (Å²) in [7, 11) is 1.51. The van der Waals surface area contributed by atoms with Gasteiger partial charge in [0.15, 0.2) is 0 Å². The van der Waals surface area contributed by atoms with Gasteiger partial charge in [0.05, 0.1) is 13.7 Å². The fourth-order valence-corrected chi connectivity index (χ4v) is 1.95. The number of rotatable bonds is 8. The summed E-state index contributed by atoms with van der Waals surface area (Å²) >= 11 is 5.95. The normalized spacial score (nSPS) is 10.1. The number of carbonyl (C=O) groups excluding carboxylic acids is 1. The fraction of sp³-hybridized carbons (Fsp3) is 0.312. The van der Waals surface area contributed by atoms with Crippen LogP contribution in [0.1, 0.15) is 18.4 Å². The van der Waals surface area contributed by atoms with Gasteiger partial charge in [-0.1, -0.05) is 11.6 Å². The van der Waals surface area contributed by atoms with Crippen molar-refractivity contribution < 1.29 is 14.3 Å². The van der Waals surface area contributed by atoms with Crippen LogP contribution < -0.4 is 20.3 Å². The van der Waals surface area contributed by atoms with Gasteiger partial charge in [-0.25, -0.2) is 4.98 Å². The van der Waals surface area contributed by atoms with Gasteiger partial charge in [-0.15, -0.1) is 0 Å². The van der Waals surface area contributed by atoms with Crippen molar-refractivity contribution in [1.82, 2.24) is 15.4 Å². The highest BCUT2D eigenvalue weighted by Crippen LogP contribution is 2.21. The average Bonchev–Trinajstić information content (AvgIpc) is 2.60. The highest BCUT2D eigenvalue weighted by Gasteiger charge is 2.04. The van der Waals surface area contributed by atoms with Crippen LogP contribution in [0.25, 0.3) is 0 Å². The number of hydrogen-bond acceptors (Lipinski definition) is 6. The van der Waals surface area contributed by atoms with Gasteiger partial charge in [-0.2, -0.15) is 4.98 Å². The summed E-state index contributed by atoms with van der Waals surface area (Å²) in [5.41, 5.74) is 6.11. The second-order valence-electron chi connectivity index (χ2n) is 4.96. The second kappa shape index (κ2) is 8.93. The van der Waals surface area contributed by atoms with Gasteiger partial charge in [0.2, 0.25) is 17.7 Å². The number of anilines is 1. The van der Waals surface area contributed by atoms with Gasteiger partial charge in [0.1, 0.15) is 5.75 Å². The number of aromatic nitrogens is 2. The molecular formula is C16H19ClN4O3. The van der Waals surface area contributed by atoms with Gasteiger partial charge in [-0.3, -0.25) is 15.6 Å². The van der Waals surface area contributed by atoms with Gasteiger partial charge in [0, 0.05) is 23.7 Å². The summed E-state index contributed by atoms with van der Waals surface area (Å²) in [5, 5.41) is 0.701. The topological polar surface area (TPSA) is 85.4 Å². The van der Waals surface area contributed by atoms with E-state index in [2.05, 4.69) is 20.8 Å². The molecule has 8 heteroatoms. The third-order valence-electron chi connectivity index (χ3n) is 3.10. The van der Waals surface area contributed by atoms with Crippen molar-refractivity contribution in [3.05, 3.63) is 41.0 Å². The maximum atomic E-state index is 11.7. The molecule has 0 saturated carbocycles. The Labute approximate surface area is 145 Å². The molecule has 0 spiro atoms. The van der Waals surface area contributed by atoms with Crippen molar-refractivity contribution in [3.8, 4) is 11.6 Å². The molecule has 0 aliphatic heterocycles. The predicted molar refractivity (Wildman–Crippen MR) is 91.3 cm³/mol. The first-order valence-electron chi connectivity index (χ1n) is 7.39. The molecule has 1 heterocycles. The number of halogens is 1. The Morgan fingerprint density at radius 1 is 1.33 bits per heavy atom. The summed E-state index contributed by atoms with van der Waals surface area (Å²) in [6, 6.07) is 7.07. The zero-order valence-electron chi connectivity index (χ0n) is 13.5. The van der Waals surface area contributed by atoms with Crippen molar-refractivity contribution in [1.29, 1.82) is 0 Å². The molecule has 1 aromatic heterocycles. The van der Waals surface area contributed by atoms with E-state index in [1.54, 1.807) is 18.2 Å². The van der Waals surface area contributed by atoms with Crippen molar-refractivity contribution >= 4 is 23.5 Å². The third kappa shape index (κ3) is 5.58. The summed E-state index contributed by atoms with van der Waals surface area (Å²) < 4.78 is 10.6. The van der Waals surface area contributed by atoms with Crippen LogP contribution in [0.3, 0.4) is 0 Å². The molecule has 2 aromatic rings. The molecule has 7 nitrogen and oxygen atoms in total. The van der Waals surface area contributed by atoms with Crippen molar-refractivity contribution in [2.45, 2.75) is 19.8 Å². The molecule has 1 amide bonds. The Morgan fingerprint density at radius 3 is 2.92 bits per heavy atom. The van der Waals surface area contributed by atoms with Crippen molar-refractivity contribution in [2.24, 2.45) is 0 Å². The van der Waals surface area contributed by atoms with Crippen LogP contribution in [0.15, 0.2) is 30.5 Å². The lowest BCUT2D eigenvalue weighted by Gasteiger charge is -2.09. The van der Waals surface area contributed by atoms with E-state index in [-0.39, 0.29) is 11.9 Å². The number of methoxy groups -OCH3 is 1. The summed E-state index contributed by atoms with van der Waals surface area (Å²) in [6.07, 6.45) is 2.42. The van der Waals surface area contributed by atoms with Crippen LogP contribution in [-0.2, 0) is 4.79 Å². The van der Waals surface area contributed by atoms with Crippen LogP contribution in [0.2, 0.25) is 5.02 Å². The number of aryl methyl sites for hydroxylation is 1. The Morgan fingerprint density at radius 2 is 2.17 bits per heavy atom. The van der Waals surface area contributed by atoms with Gasteiger partial charge < -0.3 is 9.47 Å². The number of nitrogens with zero attached hydrogens (tertiary/aromatic N) is 2. The molecule has 128 valence electrons. The van der Waals surface area contributed by atoms with E-state index >= 15 is 0 Å². The van der Waals surface area contributed by atoms with Crippen LogP contribution in [-0.4, -0.2) is 29.6 Å².